The Morgan fingerprint density at radius 2 is 1.95 bits per heavy atom. The molecule has 2 heterocycles. The highest BCUT2D eigenvalue weighted by atomic mass is 19.1. The first-order valence-electron chi connectivity index (χ1n) is 7.32. The molecule has 112 valence electrons. The lowest BCUT2D eigenvalue weighted by atomic mass is 9.91. The van der Waals surface area contributed by atoms with Gasteiger partial charge in [0.15, 0.2) is 5.82 Å². The van der Waals surface area contributed by atoms with Crippen LogP contribution in [0, 0.1) is 11.7 Å². The van der Waals surface area contributed by atoms with Gasteiger partial charge in [0, 0.05) is 24.7 Å². The van der Waals surface area contributed by atoms with Crippen LogP contribution in [-0.2, 0) is 0 Å². The normalized spacial score (nSPS) is 18.0. The van der Waals surface area contributed by atoms with Crippen molar-refractivity contribution in [3.8, 4) is 11.4 Å². The second kappa shape index (κ2) is 5.81. The van der Waals surface area contributed by atoms with Crippen LogP contribution in [0.4, 0.5) is 10.3 Å². The van der Waals surface area contributed by atoms with Gasteiger partial charge in [-0.05, 0) is 49.9 Å². The number of nitrogens with one attached hydrogen (secondary N) is 1. The Balaban J connectivity index is 1.70. The fourth-order valence-corrected chi connectivity index (χ4v) is 2.76. The van der Waals surface area contributed by atoms with Crippen molar-refractivity contribution in [3.63, 3.8) is 0 Å². The monoisotopic (exact) mass is 289 g/mol. The number of anilines is 1. The summed E-state index contributed by atoms with van der Waals surface area (Å²) >= 11 is 0. The molecule has 1 atom stereocenters. The highest BCUT2D eigenvalue weighted by Gasteiger charge is 2.24. The van der Waals surface area contributed by atoms with Gasteiger partial charge < -0.3 is 10.6 Å². The van der Waals surface area contributed by atoms with Crippen LogP contribution in [0.2, 0.25) is 0 Å². The van der Waals surface area contributed by atoms with E-state index in [1.54, 1.807) is 12.1 Å². The van der Waals surface area contributed by atoms with E-state index in [0.29, 0.717) is 17.7 Å². The molecule has 1 saturated heterocycles. The predicted molar refractivity (Wildman–Crippen MR) is 80.4 cm³/mol. The summed E-state index contributed by atoms with van der Waals surface area (Å²) in [5.74, 6) is 1.70. The molecule has 1 aromatic carbocycles. The van der Waals surface area contributed by atoms with Crippen molar-refractivity contribution >= 4 is 5.95 Å². The zero-order valence-electron chi connectivity index (χ0n) is 12.1. The van der Waals surface area contributed by atoms with Crippen molar-refractivity contribution < 1.29 is 4.39 Å². The lowest BCUT2D eigenvalue weighted by Gasteiger charge is -2.32. The topological polar surface area (TPSA) is 70.8 Å². The smallest absolute Gasteiger partial charge is 0.245 e. The van der Waals surface area contributed by atoms with E-state index in [1.807, 2.05) is 0 Å². The Hall–Kier alpha value is -1.95. The molecule has 1 unspecified atom stereocenters. The van der Waals surface area contributed by atoms with Crippen molar-refractivity contribution in [2.45, 2.75) is 25.8 Å². The fourth-order valence-electron chi connectivity index (χ4n) is 2.76. The number of hydrogen-bond acceptors (Lipinski definition) is 4. The largest absolute Gasteiger partial charge is 0.340 e. The maximum atomic E-state index is 12.9. The average molecular weight is 289 g/mol. The van der Waals surface area contributed by atoms with Crippen molar-refractivity contribution in [1.82, 2.24) is 15.2 Å². The van der Waals surface area contributed by atoms with Crippen molar-refractivity contribution in [2.24, 2.45) is 11.7 Å². The summed E-state index contributed by atoms with van der Waals surface area (Å²) in [6, 6.07) is 6.48. The van der Waals surface area contributed by atoms with Crippen LogP contribution in [0.3, 0.4) is 0 Å². The fraction of sp³-hybridized carbons (Fsp3) is 0.467. The molecule has 6 heteroatoms. The molecule has 3 N–H and O–H groups in total. The number of halogens is 1. The minimum absolute atomic E-state index is 0.245. The van der Waals surface area contributed by atoms with Gasteiger partial charge in [0.25, 0.3) is 0 Å². The third-order valence-corrected chi connectivity index (χ3v) is 4.16. The lowest BCUT2D eigenvalue weighted by Crippen LogP contribution is -2.40. The summed E-state index contributed by atoms with van der Waals surface area (Å²) in [5, 5.41) is 7.20. The zero-order chi connectivity index (χ0) is 14.8. The second-order valence-corrected chi connectivity index (χ2v) is 5.67. The molecular formula is C15H20FN5. The summed E-state index contributed by atoms with van der Waals surface area (Å²) in [6.07, 6.45) is 2.14. The van der Waals surface area contributed by atoms with Crippen LogP contribution in [0.15, 0.2) is 24.3 Å². The molecule has 21 heavy (non-hydrogen) atoms. The number of rotatable bonds is 3. The van der Waals surface area contributed by atoms with Gasteiger partial charge >= 0.3 is 0 Å². The van der Waals surface area contributed by atoms with E-state index in [2.05, 4.69) is 27.0 Å². The quantitative estimate of drug-likeness (QED) is 0.908. The molecule has 1 aromatic heterocycles. The van der Waals surface area contributed by atoms with Crippen molar-refractivity contribution in [2.75, 3.05) is 18.0 Å². The second-order valence-electron chi connectivity index (χ2n) is 5.67. The molecule has 0 spiro atoms. The van der Waals surface area contributed by atoms with Gasteiger partial charge in [-0.3, -0.25) is 5.10 Å². The number of aromatic amines is 1. The van der Waals surface area contributed by atoms with Crippen LogP contribution in [0.25, 0.3) is 11.4 Å². The molecule has 0 saturated carbocycles. The molecule has 5 nitrogen and oxygen atoms in total. The molecular weight excluding hydrogens is 269 g/mol. The number of aromatic nitrogens is 3. The minimum atomic E-state index is -0.253. The van der Waals surface area contributed by atoms with Gasteiger partial charge in [-0.15, -0.1) is 5.10 Å². The van der Waals surface area contributed by atoms with E-state index in [-0.39, 0.29) is 11.9 Å². The van der Waals surface area contributed by atoms with Gasteiger partial charge in [0.05, 0.1) is 0 Å². The average Bonchev–Trinajstić information content (AvgIpc) is 2.98. The molecule has 3 rings (SSSR count). The number of benzene rings is 1. The first-order chi connectivity index (χ1) is 10.1. The zero-order valence-corrected chi connectivity index (χ0v) is 12.1. The Labute approximate surface area is 123 Å². The maximum absolute atomic E-state index is 12.9. The third-order valence-electron chi connectivity index (χ3n) is 4.16. The summed E-state index contributed by atoms with van der Waals surface area (Å²) in [7, 11) is 0. The van der Waals surface area contributed by atoms with E-state index in [0.717, 1.165) is 31.5 Å². The molecule has 2 aromatic rings. The number of piperidine rings is 1. The van der Waals surface area contributed by atoms with E-state index in [9.17, 15) is 4.39 Å². The van der Waals surface area contributed by atoms with Crippen molar-refractivity contribution in [3.05, 3.63) is 30.1 Å². The van der Waals surface area contributed by atoms with Crippen molar-refractivity contribution in [1.29, 1.82) is 0 Å². The number of nitrogens with two attached hydrogens (primary N) is 1. The number of nitrogens with zero attached hydrogens (tertiary/aromatic N) is 3. The maximum Gasteiger partial charge on any atom is 0.245 e. The molecule has 0 bridgehead atoms. The van der Waals surface area contributed by atoms with E-state index >= 15 is 0 Å². The van der Waals surface area contributed by atoms with E-state index in [4.69, 9.17) is 5.73 Å². The Bertz CT molecular complexity index is 584. The third kappa shape index (κ3) is 3.05. The molecule has 1 fully saturated rings. The van der Waals surface area contributed by atoms with Gasteiger partial charge in [-0.2, -0.15) is 4.98 Å². The van der Waals surface area contributed by atoms with Gasteiger partial charge in [0.2, 0.25) is 5.95 Å². The summed E-state index contributed by atoms with van der Waals surface area (Å²) in [4.78, 5) is 6.68. The van der Waals surface area contributed by atoms with Crippen LogP contribution in [0.1, 0.15) is 19.8 Å². The highest BCUT2D eigenvalue weighted by Crippen LogP contribution is 2.24. The summed E-state index contributed by atoms with van der Waals surface area (Å²) < 4.78 is 12.9. The molecule has 1 aliphatic heterocycles. The molecule has 0 amide bonds. The number of hydrogen-bond donors (Lipinski definition) is 2. The first kappa shape index (κ1) is 14.0. The van der Waals surface area contributed by atoms with Crippen LogP contribution < -0.4 is 10.6 Å². The van der Waals surface area contributed by atoms with E-state index < -0.39 is 0 Å². The Kier molecular flexibility index (Phi) is 3.88. The SMILES string of the molecule is CC(N)C1CCN(c2n[nH]c(-c3ccc(F)cc3)n2)CC1. The van der Waals surface area contributed by atoms with Crippen LogP contribution in [0.5, 0.6) is 0 Å². The minimum Gasteiger partial charge on any atom is -0.340 e. The number of H-pyrrole nitrogens is 1. The van der Waals surface area contributed by atoms with Crippen LogP contribution >= 0.6 is 0 Å². The summed E-state index contributed by atoms with van der Waals surface area (Å²) in [5.41, 5.74) is 6.79. The van der Waals surface area contributed by atoms with Gasteiger partial charge in [-0.25, -0.2) is 4.39 Å². The molecule has 0 aliphatic carbocycles. The van der Waals surface area contributed by atoms with Crippen LogP contribution in [-0.4, -0.2) is 34.3 Å². The van der Waals surface area contributed by atoms with Gasteiger partial charge in [-0.1, -0.05) is 0 Å². The van der Waals surface area contributed by atoms with Gasteiger partial charge in [0.1, 0.15) is 5.82 Å². The summed E-state index contributed by atoms with van der Waals surface area (Å²) in [6.45, 7) is 3.92. The Morgan fingerprint density at radius 1 is 1.29 bits per heavy atom. The predicted octanol–water partition coefficient (Wildman–Crippen LogP) is 2.17. The Morgan fingerprint density at radius 3 is 2.57 bits per heavy atom. The standard InChI is InChI=1S/C15H20FN5/c1-10(17)11-6-8-21(9-7-11)15-18-14(19-20-15)12-2-4-13(16)5-3-12/h2-5,10-11H,6-9,17H2,1H3,(H,18,19,20). The molecule has 0 radical (unpaired) electrons. The highest BCUT2D eigenvalue weighted by molar-refractivity contribution is 5.56. The lowest BCUT2D eigenvalue weighted by molar-refractivity contribution is 0.352. The first-order valence-corrected chi connectivity index (χ1v) is 7.32. The molecule has 1 aliphatic rings. The van der Waals surface area contributed by atoms with E-state index in [1.165, 1.54) is 12.1 Å².